The molecule has 0 radical (unpaired) electrons. The highest BCUT2D eigenvalue weighted by molar-refractivity contribution is 6.53. The Balaban J connectivity index is 1.78. The van der Waals surface area contributed by atoms with Crippen LogP contribution in [-0.4, -0.2) is 23.2 Å². The highest BCUT2D eigenvalue weighted by Gasteiger charge is 2.49. The number of esters is 1. The first-order chi connectivity index (χ1) is 12.3. The average molecular weight is 349 g/mol. The Morgan fingerprint density at radius 1 is 1.15 bits per heavy atom. The molecule has 5 heteroatoms. The number of nitrogens with zero attached hydrogens (tertiary/aromatic N) is 1. The maximum Gasteiger partial charge on any atom is 0.343 e. The van der Waals surface area contributed by atoms with Gasteiger partial charge in [0.1, 0.15) is 5.75 Å². The van der Waals surface area contributed by atoms with Crippen LogP contribution in [0.3, 0.4) is 0 Å². The summed E-state index contributed by atoms with van der Waals surface area (Å²) in [5.74, 6) is -1.10. The molecule has 2 aromatic rings. The van der Waals surface area contributed by atoms with Crippen LogP contribution >= 0.6 is 0 Å². The van der Waals surface area contributed by atoms with E-state index in [9.17, 15) is 14.4 Å². The first-order valence-electron chi connectivity index (χ1n) is 8.63. The van der Waals surface area contributed by atoms with Crippen molar-refractivity contribution in [3.8, 4) is 5.75 Å². The zero-order valence-corrected chi connectivity index (χ0v) is 14.9. The fourth-order valence-electron chi connectivity index (χ4n) is 4.07. The molecule has 0 aromatic heterocycles. The number of rotatable bonds is 2. The van der Waals surface area contributed by atoms with Gasteiger partial charge in [-0.2, -0.15) is 0 Å². The van der Waals surface area contributed by atoms with Gasteiger partial charge in [-0.05, 0) is 56.0 Å². The molecule has 5 nitrogen and oxygen atoms in total. The second-order valence-corrected chi connectivity index (χ2v) is 7.55. The molecule has 0 bridgehead atoms. The third-order valence-corrected chi connectivity index (χ3v) is 5.14. The smallest absolute Gasteiger partial charge is 0.343 e. The monoisotopic (exact) mass is 349 g/mol. The average Bonchev–Trinajstić information content (AvgIpc) is 2.86. The van der Waals surface area contributed by atoms with Crippen molar-refractivity contribution < 1.29 is 19.1 Å². The van der Waals surface area contributed by atoms with Crippen LogP contribution in [-0.2, 0) is 4.79 Å². The van der Waals surface area contributed by atoms with Gasteiger partial charge in [0, 0.05) is 5.54 Å². The maximum absolute atomic E-state index is 12.5. The standard InChI is InChI=1S/C21H19NO4/c1-12-11-21(2,3)22-17-15(12)9-14(10-16(17)18(23)19(22)24)26-20(25)13-7-5-4-6-8-13/h4-10,12H,11H2,1-3H3/t12-/m0/s1. The summed E-state index contributed by atoms with van der Waals surface area (Å²) in [5, 5.41) is 0. The van der Waals surface area contributed by atoms with Gasteiger partial charge in [0.2, 0.25) is 0 Å². The van der Waals surface area contributed by atoms with E-state index in [1.807, 2.05) is 19.9 Å². The van der Waals surface area contributed by atoms with E-state index in [0.29, 0.717) is 22.6 Å². The molecule has 0 fully saturated rings. The van der Waals surface area contributed by atoms with E-state index >= 15 is 0 Å². The molecule has 2 aromatic carbocycles. The van der Waals surface area contributed by atoms with Crippen molar-refractivity contribution in [2.24, 2.45) is 0 Å². The summed E-state index contributed by atoms with van der Waals surface area (Å²) >= 11 is 0. The van der Waals surface area contributed by atoms with Crippen LogP contribution in [0.1, 0.15) is 59.4 Å². The molecule has 2 aliphatic rings. The van der Waals surface area contributed by atoms with Crippen molar-refractivity contribution in [3.05, 3.63) is 59.2 Å². The Morgan fingerprint density at radius 2 is 1.85 bits per heavy atom. The van der Waals surface area contributed by atoms with E-state index < -0.39 is 23.2 Å². The molecule has 0 saturated carbocycles. The molecule has 132 valence electrons. The fraction of sp³-hybridized carbons (Fsp3) is 0.286. The highest BCUT2D eigenvalue weighted by Crippen LogP contribution is 2.49. The minimum atomic E-state index is -0.541. The Kier molecular flexibility index (Phi) is 3.51. The number of hydrogen-bond acceptors (Lipinski definition) is 4. The number of carbonyl (C=O) groups excluding carboxylic acids is 3. The van der Waals surface area contributed by atoms with E-state index in [2.05, 4.69) is 6.92 Å². The molecular weight excluding hydrogens is 330 g/mol. The number of Topliss-reactive ketones (excluding diaryl/α,β-unsaturated/α-hetero) is 1. The van der Waals surface area contributed by atoms with Gasteiger partial charge in [0.15, 0.2) is 0 Å². The van der Waals surface area contributed by atoms with Crippen LogP contribution in [0.2, 0.25) is 0 Å². The molecule has 2 aliphatic heterocycles. The second kappa shape index (κ2) is 5.53. The third-order valence-electron chi connectivity index (χ3n) is 5.14. The van der Waals surface area contributed by atoms with Crippen molar-refractivity contribution in [2.75, 3.05) is 4.90 Å². The van der Waals surface area contributed by atoms with Crippen molar-refractivity contribution in [3.63, 3.8) is 0 Å². The maximum atomic E-state index is 12.5. The molecule has 0 unspecified atom stereocenters. The summed E-state index contributed by atoms with van der Waals surface area (Å²) in [6.07, 6.45) is 0.731. The van der Waals surface area contributed by atoms with Crippen LogP contribution in [0.15, 0.2) is 42.5 Å². The molecule has 0 spiro atoms. The van der Waals surface area contributed by atoms with Gasteiger partial charge in [-0.1, -0.05) is 25.1 Å². The van der Waals surface area contributed by atoms with Crippen LogP contribution in [0.5, 0.6) is 5.75 Å². The predicted molar refractivity (Wildman–Crippen MR) is 96.8 cm³/mol. The zero-order valence-electron chi connectivity index (χ0n) is 14.9. The minimum Gasteiger partial charge on any atom is -0.423 e. The van der Waals surface area contributed by atoms with Gasteiger partial charge in [-0.25, -0.2) is 4.79 Å². The molecule has 26 heavy (non-hydrogen) atoms. The Hall–Kier alpha value is -2.95. The molecule has 2 heterocycles. The first kappa shape index (κ1) is 16.5. The summed E-state index contributed by atoms with van der Waals surface area (Å²) in [6.45, 7) is 6.00. The molecular formula is C21H19NO4. The van der Waals surface area contributed by atoms with Gasteiger partial charge in [-0.3, -0.25) is 14.5 Å². The first-order valence-corrected chi connectivity index (χ1v) is 8.63. The predicted octanol–water partition coefficient (Wildman–Crippen LogP) is 3.72. The summed E-state index contributed by atoms with van der Waals surface area (Å²) < 4.78 is 5.49. The molecule has 0 N–H and O–H groups in total. The van der Waals surface area contributed by atoms with Crippen molar-refractivity contribution in [1.82, 2.24) is 0 Å². The van der Waals surface area contributed by atoms with Gasteiger partial charge in [0.05, 0.1) is 16.8 Å². The van der Waals surface area contributed by atoms with Gasteiger partial charge in [-0.15, -0.1) is 0 Å². The molecule has 4 rings (SSSR count). The highest BCUT2D eigenvalue weighted by atomic mass is 16.5. The van der Waals surface area contributed by atoms with E-state index in [-0.39, 0.29) is 5.92 Å². The Bertz CT molecular complexity index is 946. The van der Waals surface area contributed by atoms with Crippen molar-refractivity contribution >= 4 is 23.3 Å². The largest absolute Gasteiger partial charge is 0.423 e. The van der Waals surface area contributed by atoms with Crippen molar-refractivity contribution in [1.29, 1.82) is 0 Å². The summed E-state index contributed by atoms with van der Waals surface area (Å²) in [6, 6.07) is 12.0. The number of carbonyl (C=O) groups is 3. The van der Waals surface area contributed by atoms with Crippen LogP contribution in [0, 0.1) is 0 Å². The number of amides is 1. The van der Waals surface area contributed by atoms with Gasteiger partial charge >= 0.3 is 5.97 Å². The Morgan fingerprint density at radius 3 is 2.54 bits per heavy atom. The summed E-state index contributed by atoms with van der Waals surface area (Å²) in [7, 11) is 0. The van der Waals surface area contributed by atoms with E-state index in [1.54, 1.807) is 35.2 Å². The van der Waals surface area contributed by atoms with E-state index in [1.165, 1.54) is 6.07 Å². The number of hydrogen-bond donors (Lipinski definition) is 0. The van der Waals surface area contributed by atoms with Crippen LogP contribution in [0.4, 0.5) is 5.69 Å². The molecule has 1 atom stereocenters. The number of anilines is 1. The fourth-order valence-corrected chi connectivity index (χ4v) is 4.07. The van der Waals surface area contributed by atoms with E-state index in [0.717, 1.165) is 12.0 Å². The quantitative estimate of drug-likeness (QED) is 0.471. The molecule has 0 saturated heterocycles. The van der Waals surface area contributed by atoms with Gasteiger partial charge < -0.3 is 4.74 Å². The lowest BCUT2D eigenvalue weighted by molar-refractivity contribution is -0.115. The Labute approximate surface area is 151 Å². The minimum absolute atomic E-state index is 0.143. The van der Waals surface area contributed by atoms with Crippen LogP contribution < -0.4 is 9.64 Å². The molecule has 0 aliphatic carbocycles. The third kappa shape index (κ3) is 2.35. The SMILES string of the molecule is C[C@H]1CC(C)(C)N2C(=O)C(=O)c3cc(OC(=O)c4ccccc4)cc1c32. The van der Waals surface area contributed by atoms with E-state index in [4.69, 9.17) is 4.74 Å². The zero-order chi connectivity index (χ0) is 18.6. The number of ketones is 1. The number of benzene rings is 2. The second-order valence-electron chi connectivity index (χ2n) is 7.55. The molecule has 1 amide bonds. The van der Waals surface area contributed by atoms with Crippen molar-refractivity contribution in [2.45, 2.75) is 38.6 Å². The summed E-state index contributed by atoms with van der Waals surface area (Å²) in [4.78, 5) is 39.0. The lowest BCUT2D eigenvalue weighted by Gasteiger charge is -2.43. The topological polar surface area (TPSA) is 63.7 Å². The van der Waals surface area contributed by atoms with Crippen LogP contribution in [0.25, 0.3) is 0 Å². The normalized spacial score (nSPS) is 20.1. The number of ether oxygens (including phenoxy) is 1. The lowest BCUT2D eigenvalue weighted by atomic mass is 9.80. The van der Waals surface area contributed by atoms with Gasteiger partial charge in [0.25, 0.3) is 11.7 Å². The lowest BCUT2D eigenvalue weighted by Crippen LogP contribution is -2.50. The summed E-state index contributed by atoms with van der Waals surface area (Å²) in [5.41, 5.74) is 1.87.